The van der Waals surface area contributed by atoms with Crippen LogP contribution in [0.4, 0.5) is 0 Å². The summed E-state index contributed by atoms with van der Waals surface area (Å²) in [5.41, 5.74) is 4.35. The number of nitrogens with one attached hydrogen (secondary N) is 1. The predicted octanol–water partition coefficient (Wildman–Crippen LogP) is 4.01. The largest absolute Gasteiger partial charge is 0.497 e. The van der Waals surface area contributed by atoms with Gasteiger partial charge in [0.25, 0.3) is 0 Å². The molecule has 19 heavy (non-hydrogen) atoms. The fourth-order valence-electron chi connectivity index (χ4n) is 2.33. The highest BCUT2D eigenvalue weighted by molar-refractivity contribution is 7.71. The number of aryl methyl sites for hydroxylation is 1. The lowest BCUT2D eigenvalue weighted by molar-refractivity contribution is 0.414. The smallest absolute Gasteiger partial charge is 0.182 e. The van der Waals surface area contributed by atoms with E-state index in [1.165, 1.54) is 5.56 Å². The average Bonchev–Trinajstić information content (AvgIpc) is 2.76. The van der Waals surface area contributed by atoms with Crippen molar-refractivity contribution in [1.29, 1.82) is 0 Å². The summed E-state index contributed by atoms with van der Waals surface area (Å²) >= 11 is 5.44. The van der Waals surface area contributed by atoms with Gasteiger partial charge in [0.05, 0.1) is 23.8 Å². The predicted molar refractivity (Wildman–Crippen MR) is 79.7 cm³/mol. The first-order chi connectivity index (χ1) is 9.20. The van der Waals surface area contributed by atoms with E-state index < -0.39 is 0 Å². The molecule has 1 N–H and O–H groups in total. The highest BCUT2D eigenvalue weighted by Gasteiger charge is 2.09. The van der Waals surface area contributed by atoms with E-state index in [1.807, 2.05) is 41.0 Å². The van der Waals surface area contributed by atoms with Crippen molar-refractivity contribution >= 4 is 23.3 Å². The number of hydrogen-bond donors (Lipinski definition) is 1. The van der Waals surface area contributed by atoms with Gasteiger partial charge in [-0.2, -0.15) is 0 Å². The second kappa shape index (κ2) is 4.55. The second-order valence-electron chi connectivity index (χ2n) is 4.44. The van der Waals surface area contributed by atoms with Crippen LogP contribution in [0.1, 0.15) is 5.56 Å². The topological polar surface area (TPSA) is 29.9 Å². The number of H-pyrrole nitrogens is 1. The van der Waals surface area contributed by atoms with Gasteiger partial charge in [0.1, 0.15) is 5.75 Å². The molecule has 0 atom stereocenters. The van der Waals surface area contributed by atoms with Gasteiger partial charge >= 0.3 is 0 Å². The monoisotopic (exact) mass is 270 g/mol. The van der Waals surface area contributed by atoms with E-state index in [4.69, 9.17) is 17.0 Å². The van der Waals surface area contributed by atoms with Gasteiger partial charge in [-0.15, -0.1) is 0 Å². The Morgan fingerprint density at radius 3 is 2.74 bits per heavy atom. The molecule has 0 aliphatic carbocycles. The van der Waals surface area contributed by atoms with Crippen molar-refractivity contribution in [2.75, 3.05) is 7.11 Å². The van der Waals surface area contributed by atoms with Crippen LogP contribution in [0.3, 0.4) is 0 Å². The Kier molecular flexibility index (Phi) is 2.87. The molecule has 0 saturated carbocycles. The molecule has 0 radical (unpaired) electrons. The third-order valence-electron chi connectivity index (χ3n) is 3.22. The van der Waals surface area contributed by atoms with E-state index in [-0.39, 0.29) is 0 Å². The van der Waals surface area contributed by atoms with Gasteiger partial charge in [0, 0.05) is 6.07 Å². The molecule has 0 saturated heterocycles. The van der Waals surface area contributed by atoms with Crippen molar-refractivity contribution in [3.63, 3.8) is 0 Å². The number of fused-ring (bicyclic) bond motifs is 1. The van der Waals surface area contributed by atoms with Gasteiger partial charge in [-0.3, -0.25) is 4.57 Å². The molecular formula is C15H14N2OS. The summed E-state index contributed by atoms with van der Waals surface area (Å²) in [6.07, 6.45) is 0. The van der Waals surface area contributed by atoms with Crippen LogP contribution in [0.15, 0.2) is 42.5 Å². The number of aromatic nitrogens is 2. The number of hydrogen-bond acceptors (Lipinski definition) is 2. The molecule has 0 bridgehead atoms. The number of ether oxygens (including phenoxy) is 1. The van der Waals surface area contributed by atoms with E-state index in [0.717, 1.165) is 22.5 Å². The van der Waals surface area contributed by atoms with Crippen molar-refractivity contribution in [3.05, 3.63) is 52.8 Å². The summed E-state index contributed by atoms with van der Waals surface area (Å²) in [5.74, 6) is 0.822. The van der Waals surface area contributed by atoms with Crippen LogP contribution in [0.25, 0.3) is 16.7 Å². The fraction of sp³-hybridized carbons (Fsp3) is 0.133. The molecule has 0 spiro atoms. The van der Waals surface area contributed by atoms with E-state index in [0.29, 0.717) is 4.77 Å². The summed E-state index contributed by atoms with van der Waals surface area (Å²) in [7, 11) is 1.67. The Morgan fingerprint density at radius 1 is 1.16 bits per heavy atom. The minimum absolute atomic E-state index is 0.692. The van der Waals surface area contributed by atoms with E-state index in [9.17, 15) is 0 Å². The number of nitrogens with zero attached hydrogens (tertiary/aromatic N) is 1. The van der Waals surface area contributed by atoms with Gasteiger partial charge in [-0.25, -0.2) is 0 Å². The zero-order valence-electron chi connectivity index (χ0n) is 10.8. The van der Waals surface area contributed by atoms with Crippen molar-refractivity contribution in [1.82, 2.24) is 9.55 Å². The van der Waals surface area contributed by atoms with Crippen LogP contribution in [0, 0.1) is 11.7 Å². The third-order valence-corrected chi connectivity index (χ3v) is 3.50. The number of methoxy groups -OCH3 is 1. The van der Waals surface area contributed by atoms with Gasteiger partial charge in [0.2, 0.25) is 0 Å². The molecule has 1 heterocycles. The van der Waals surface area contributed by atoms with Gasteiger partial charge in [-0.05, 0) is 42.9 Å². The second-order valence-corrected chi connectivity index (χ2v) is 4.82. The maximum atomic E-state index is 5.44. The van der Waals surface area contributed by atoms with E-state index >= 15 is 0 Å². The SMILES string of the molecule is COc1cccc(-n2c(=S)[nH]c3cccc(C)c32)c1. The molecular weight excluding hydrogens is 256 g/mol. The lowest BCUT2D eigenvalue weighted by Gasteiger charge is -2.08. The van der Waals surface area contributed by atoms with Crippen LogP contribution < -0.4 is 4.74 Å². The van der Waals surface area contributed by atoms with Crippen molar-refractivity contribution < 1.29 is 4.74 Å². The normalized spacial score (nSPS) is 10.8. The Labute approximate surface area is 116 Å². The molecule has 4 heteroatoms. The number of benzene rings is 2. The number of aromatic amines is 1. The van der Waals surface area contributed by atoms with Crippen LogP contribution in [0.5, 0.6) is 5.75 Å². The maximum absolute atomic E-state index is 5.44. The molecule has 96 valence electrons. The standard InChI is InChI=1S/C15H14N2OS/c1-10-5-3-8-13-14(10)17(15(19)16-13)11-6-4-7-12(9-11)18-2/h3-9H,1-2H3,(H,16,19). The molecule has 0 aliphatic heterocycles. The Hall–Kier alpha value is -2.07. The molecule has 2 aromatic carbocycles. The number of rotatable bonds is 2. The fourth-order valence-corrected chi connectivity index (χ4v) is 2.63. The van der Waals surface area contributed by atoms with E-state index in [1.54, 1.807) is 7.11 Å². The maximum Gasteiger partial charge on any atom is 0.182 e. The van der Waals surface area contributed by atoms with Crippen molar-refractivity contribution in [2.45, 2.75) is 6.92 Å². The molecule has 0 unspecified atom stereocenters. The minimum Gasteiger partial charge on any atom is -0.497 e. The summed E-state index contributed by atoms with van der Waals surface area (Å²) < 4.78 is 8.01. The molecule has 3 aromatic rings. The van der Waals surface area contributed by atoms with Gasteiger partial charge in [0.15, 0.2) is 4.77 Å². The minimum atomic E-state index is 0.692. The first kappa shape index (κ1) is 12.0. The number of imidazole rings is 1. The third kappa shape index (κ3) is 1.94. The van der Waals surface area contributed by atoms with Gasteiger partial charge in [-0.1, -0.05) is 18.2 Å². The molecule has 3 nitrogen and oxygen atoms in total. The highest BCUT2D eigenvalue weighted by Crippen LogP contribution is 2.24. The first-order valence-corrected chi connectivity index (χ1v) is 6.46. The molecule has 0 amide bonds. The van der Waals surface area contributed by atoms with Crippen LogP contribution in [-0.2, 0) is 0 Å². The lowest BCUT2D eigenvalue weighted by Crippen LogP contribution is -1.96. The van der Waals surface area contributed by atoms with Crippen LogP contribution in [-0.4, -0.2) is 16.7 Å². The zero-order valence-corrected chi connectivity index (χ0v) is 11.6. The number of para-hydroxylation sites is 1. The highest BCUT2D eigenvalue weighted by atomic mass is 32.1. The van der Waals surface area contributed by atoms with Crippen LogP contribution >= 0.6 is 12.2 Å². The Bertz CT molecular complexity index is 801. The Balaban J connectivity index is 2.35. The average molecular weight is 270 g/mol. The molecule has 1 aromatic heterocycles. The summed E-state index contributed by atoms with van der Waals surface area (Å²) in [6.45, 7) is 2.08. The first-order valence-electron chi connectivity index (χ1n) is 6.05. The quantitative estimate of drug-likeness (QED) is 0.713. The van der Waals surface area contributed by atoms with E-state index in [2.05, 4.69) is 18.0 Å². The zero-order chi connectivity index (χ0) is 13.4. The lowest BCUT2D eigenvalue weighted by atomic mass is 10.2. The summed E-state index contributed by atoms with van der Waals surface area (Å²) in [6, 6.07) is 14.0. The van der Waals surface area contributed by atoms with Crippen LogP contribution in [0.2, 0.25) is 0 Å². The molecule has 0 aliphatic rings. The summed E-state index contributed by atoms with van der Waals surface area (Å²) in [5, 5.41) is 0. The van der Waals surface area contributed by atoms with Gasteiger partial charge < -0.3 is 9.72 Å². The van der Waals surface area contributed by atoms with Crippen molar-refractivity contribution in [3.8, 4) is 11.4 Å². The summed E-state index contributed by atoms with van der Waals surface area (Å²) in [4.78, 5) is 3.24. The Morgan fingerprint density at radius 2 is 1.95 bits per heavy atom. The molecule has 3 rings (SSSR count). The van der Waals surface area contributed by atoms with Crippen molar-refractivity contribution in [2.24, 2.45) is 0 Å². The molecule has 0 fully saturated rings.